The Labute approximate surface area is 178 Å². The van der Waals surface area contributed by atoms with Crippen molar-refractivity contribution in [3.63, 3.8) is 0 Å². The van der Waals surface area contributed by atoms with Crippen molar-refractivity contribution >= 4 is 18.0 Å². The molecular weight excluding hydrogens is 384 g/mol. The van der Waals surface area contributed by atoms with Crippen LogP contribution in [0.3, 0.4) is 0 Å². The quantitative estimate of drug-likeness (QED) is 0.630. The van der Waals surface area contributed by atoms with Crippen LogP contribution in [0.5, 0.6) is 0 Å². The maximum Gasteiger partial charge on any atom is 0.408 e. The standard InChI is InChI=1S/C23H34N2O5/c1-5-29-19(26)18(14-13-17-11-7-6-8-12-17)24-20(27)23(15-9-10-16-23)25-21(28)30-22(2,3)4/h6-8,11-12,18H,5,9-10,13-16H2,1-4H3,(H,24,27)(H,25,28)/t18-/m0/s1. The van der Waals surface area contributed by atoms with Crippen molar-refractivity contribution in [1.29, 1.82) is 0 Å². The highest BCUT2D eigenvalue weighted by Crippen LogP contribution is 2.30. The largest absolute Gasteiger partial charge is 0.464 e. The van der Waals surface area contributed by atoms with E-state index in [1.807, 2.05) is 30.3 Å². The minimum Gasteiger partial charge on any atom is -0.464 e. The molecule has 30 heavy (non-hydrogen) atoms. The smallest absolute Gasteiger partial charge is 0.408 e. The summed E-state index contributed by atoms with van der Waals surface area (Å²) in [7, 11) is 0. The van der Waals surface area contributed by atoms with E-state index in [4.69, 9.17) is 9.47 Å². The molecule has 0 bridgehead atoms. The van der Waals surface area contributed by atoms with E-state index in [1.54, 1.807) is 27.7 Å². The molecule has 0 aromatic heterocycles. The van der Waals surface area contributed by atoms with Gasteiger partial charge in [0.25, 0.3) is 0 Å². The first kappa shape index (κ1) is 23.7. The molecule has 0 spiro atoms. The lowest BCUT2D eigenvalue weighted by atomic mass is 9.95. The van der Waals surface area contributed by atoms with Gasteiger partial charge < -0.3 is 20.1 Å². The predicted molar refractivity (Wildman–Crippen MR) is 114 cm³/mol. The van der Waals surface area contributed by atoms with Crippen LogP contribution in [0.1, 0.15) is 65.4 Å². The fourth-order valence-corrected chi connectivity index (χ4v) is 3.63. The van der Waals surface area contributed by atoms with Crippen molar-refractivity contribution in [1.82, 2.24) is 10.6 Å². The molecule has 0 radical (unpaired) electrons. The summed E-state index contributed by atoms with van der Waals surface area (Å²) >= 11 is 0. The summed E-state index contributed by atoms with van der Waals surface area (Å²) in [5.74, 6) is -0.829. The van der Waals surface area contributed by atoms with Crippen LogP contribution in [-0.2, 0) is 25.5 Å². The maximum absolute atomic E-state index is 13.2. The van der Waals surface area contributed by atoms with Gasteiger partial charge in [-0.3, -0.25) is 4.79 Å². The van der Waals surface area contributed by atoms with Gasteiger partial charge in [0.05, 0.1) is 6.61 Å². The molecule has 1 fully saturated rings. The van der Waals surface area contributed by atoms with E-state index in [0.717, 1.165) is 18.4 Å². The first-order valence-electron chi connectivity index (χ1n) is 10.7. The number of hydrogen-bond donors (Lipinski definition) is 2. The van der Waals surface area contributed by atoms with Gasteiger partial charge >= 0.3 is 12.1 Å². The average molecular weight is 419 g/mol. The van der Waals surface area contributed by atoms with Crippen molar-refractivity contribution in [2.24, 2.45) is 0 Å². The Morgan fingerprint density at radius 2 is 1.73 bits per heavy atom. The molecule has 2 rings (SSSR count). The van der Waals surface area contributed by atoms with E-state index in [2.05, 4.69) is 10.6 Å². The number of aryl methyl sites for hydroxylation is 1. The van der Waals surface area contributed by atoms with Crippen molar-refractivity contribution in [2.75, 3.05) is 6.61 Å². The molecule has 2 amide bonds. The summed E-state index contributed by atoms with van der Waals surface area (Å²) in [4.78, 5) is 38.0. The second-order valence-electron chi connectivity index (χ2n) is 8.72. The van der Waals surface area contributed by atoms with Crippen LogP contribution in [0, 0.1) is 0 Å². The van der Waals surface area contributed by atoms with Crippen molar-refractivity contribution in [2.45, 2.75) is 83.4 Å². The SMILES string of the molecule is CCOC(=O)[C@H](CCc1ccccc1)NC(=O)C1(NC(=O)OC(C)(C)C)CCCC1. The van der Waals surface area contributed by atoms with Crippen LogP contribution in [0.15, 0.2) is 30.3 Å². The lowest BCUT2D eigenvalue weighted by Crippen LogP contribution is -2.60. The van der Waals surface area contributed by atoms with E-state index in [1.165, 1.54) is 0 Å². The fraction of sp³-hybridized carbons (Fsp3) is 0.609. The highest BCUT2D eigenvalue weighted by Gasteiger charge is 2.44. The zero-order chi connectivity index (χ0) is 22.2. The van der Waals surface area contributed by atoms with E-state index in [9.17, 15) is 14.4 Å². The zero-order valence-electron chi connectivity index (χ0n) is 18.5. The minimum absolute atomic E-state index is 0.234. The minimum atomic E-state index is -1.07. The van der Waals surface area contributed by atoms with Gasteiger partial charge in [-0.05, 0) is 58.9 Å². The van der Waals surface area contributed by atoms with E-state index in [-0.39, 0.29) is 12.5 Å². The van der Waals surface area contributed by atoms with E-state index >= 15 is 0 Å². The van der Waals surface area contributed by atoms with Crippen LogP contribution in [0.2, 0.25) is 0 Å². The number of esters is 1. The number of rotatable bonds is 8. The molecule has 0 aliphatic heterocycles. The van der Waals surface area contributed by atoms with E-state index < -0.39 is 29.2 Å². The monoisotopic (exact) mass is 418 g/mol. The highest BCUT2D eigenvalue weighted by atomic mass is 16.6. The highest BCUT2D eigenvalue weighted by molar-refractivity contribution is 5.93. The Kier molecular flexibility index (Phi) is 8.26. The molecule has 0 unspecified atom stereocenters. The molecule has 2 N–H and O–H groups in total. The molecule has 1 aromatic rings. The first-order chi connectivity index (χ1) is 14.1. The lowest BCUT2D eigenvalue weighted by Gasteiger charge is -2.32. The molecule has 1 atom stereocenters. The molecule has 0 heterocycles. The van der Waals surface area contributed by atoms with Crippen LogP contribution in [0.4, 0.5) is 4.79 Å². The molecule has 1 saturated carbocycles. The van der Waals surface area contributed by atoms with Gasteiger partial charge in [0.2, 0.25) is 5.91 Å². The zero-order valence-corrected chi connectivity index (χ0v) is 18.5. The van der Waals surface area contributed by atoms with Gasteiger partial charge in [-0.15, -0.1) is 0 Å². The third-order valence-corrected chi connectivity index (χ3v) is 5.07. The molecule has 1 aliphatic rings. The van der Waals surface area contributed by atoms with Crippen molar-refractivity contribution in [3.8, 4) is 0 Å². The molecule has 7 heteroatoms. The van der Waals surface area contributed by atoms with Gasteiger partial charge in [-0.25, -0.2) is 9.59 Å². The van der Waals surface area contributed by atoms with Crippen molar-refractivity contribution in [3.05, 3.63) is 35.9 Å². The first-order valence-corrected chi connectivity index (χ1v) is 10.7. The third kappa shape index (κ3) is 7.04. The number of carbonyl (C=O) groups is 3. The Morgan fingerprint density at radius 3 is 2.30 bits per heavy atom. The molecule has 7 nitrogen and oxygen atoms in total. The van der Waals surface area contributed by atoms with Gasteiger partial charge in [-0.1, -0.05) is 43.2 Å². The second-order valence-corrected chi connectivity index (χ2v) is 8.72. The lowest BCUT2D eigenvalue weighted by molar-refractivity contribution is -0.148. The number of nitrogens with one attached hydrogen (secondary N) is 2. The fourth-order valence-electron chi connectivity index (χ4n) is 3.63. The number of carbonyl (C=O) groups excluding carboxylic acids is 3. The Hall–Kier alpha value is -2.57. The van der Waals surface area contributed by atoms with Crippen LogP contribution in [0.25, 0.3) is 0 Å². The second kappa shape index (κ2) is 10.5. The van der Waals surface area contributed by atoms with Gasteiger partial charge in [0, 0.05) is 0 Å². The normalized spacial score (nSPS) is 16.4. The number of alkyl carbamates (subject to hydrolysis) is 1. The summed E-state index contributed by atoms with van der Waals surface area (Å²) in [6.07, 6.45) is 3.05. The maximum atomic E-state index is 13.2. The van der Waals surface area contributed by atoms with Crippen LogP contribution >= 0.6 is 0 Å². The topological polar surface area (TPSA) is 93.7 Å². The van der Waals surface area contributed by atoms with Gasteiger partial charge in [-0.2, -0.15) is 0 Å². The number of hydrogen-bond acceptors (Lipinski definition) is 5. The summed E-state index contributed by atoms with van der Waals surface area (Å²) in [6.45, 7) is 7.28. The Bertz CT molecular complexity index is 721. The van der Waals surface area contributed by atoms with Crippen molar-refractivity contribution < 1.29 is 23.9 Å². The van der Waals surface area contributed by atoms with Gasteiger partial charge in [0.15, 0.2) is 0 Å². The summed E-state index contributed by atoms with van der Waals surface area (Å²) < 4.78 is 10.5. The molecule has 166 valence electrons. The van der Waals surface area contributed by atoms with Gasteiger partial charge in [0.1, 0.15) is 17.2 Å². The Morgan fingerprint density at radius 1 is 1.10 bits per heavy atom. The van der Waals surface area contributed by atoms with Crippen LogP contribution in [-0.4, -0.2) is 41.8 Å². The van der Waals surface area contributed by atoms with Crippen LogP contribution < -0.4 is 10.6 Å². The molecule has 0 saturated heterocycles. The summed E-state index contributed by atoms with van der Waals surface area (Å²) in [5.41, 5.74) is -0.660. The number of ether oxygens (including phenoxy) is 2. The Balaban J connectivity index is 2.10. The summed E-state index contributed by atoms with van der Waals surface area (Å²) in [6, 6.07) is 8.98. The van der Waals surface area contributed by atoms with E-state index in [0.29, 0.717) is 25.7 Å². The summed E-state index contributed by atoms with van der Waals surface area (Å²) in [5, 5.41) is 5.61. The molecule has 1 aromatic carbocycles. The molecule has 1 aliphatic carbocycles. The average Bonchev–Trinajstić information content (AvgIpc) is 3.14. The molecular formula is C23H34N2O5. The number of benzene rings is 1. The third-order valence-electron chi connectivity index (χ3n) is 5.07. The predicted octanol–water partition coefficient (Wildman–Crippen LogP) is 3.50. The number of amides is 2.